The third-order valence-electron chi connectivity index (χ3n) is 2.99. The summed E-state index contributed by atoms with van der Waals surface area (Å²) in [7, 11) is 1.37. The molecule has 1 rings (SSSR count). The predicted octanol–water partition coefficient (Wildman–Crippen LogP) is 2.97. The molecule has 1 atom stereocenters. The molecule has 7 heteroatoms. The Kier molecular flexibility index (Phi) is 6.77. The second-order valence-electron chi connectivity index (χ2n) is 4.36. The van der Waals surface area contributed by atoms with Gasteiger partial charge in [-0.15, -0.1) is 0 Å². The summed E-state index contributed by atoms with van der Waals surface area (Å²) in [6, 6.07) is 7.69. The fraction of sp³-hybridized carbons (Fsp3) is 0.462. The van der Waals surface area contributed by atoms with Gasteiger partial charge in [0.05, 0.1) is 7.11 Å². The van der Waals surface area contributed by atoms with Crippen LogP contribution in [0.2, 0.25) is 0 Å². The van der Waals surface area contributed by atoms with Crippen molar-refractivity contribution < 1.29 is 9.53 Å². The molecular weight excluding hydrogens is 371 g/mol. The van der Waals surface area contributed by atoms with Gasteiger partial charge in [-0.3, -0.25) is 5.32 Å². The second-order valence-corrected chi connectivity index (χ2v) is 5.60. The minimum absolute atomic E-state index is 0.345. The minimum Gasteiger partial charge on any atom is -0.467 e. The summed E-state index contributed by atoms with van der Waals surface area (Å²) in [6.45, 7) is 2.73. The lowest BCUT2D eigenvalue weighted by atomic mass is 9.92. The smallest absolute Gasteiger partial charge is 0.330 e. The summed E-state index contributed by atoms with van der Waals surface area (Å²) in [5.74, 6) is -0.345. The Labute approximate surface area is 131 Å². The first-order valence-corrected chi connectivity index (χ1v) is 7.23. The van der Waals surface area contributed by atoms with Crippen molar-refractivity contribution in [1.82, 2.24) is 5.32 Å². The van der Waals surface area contributed by atoms with E-state index in [4.69, 9.17) is 10.3 Å². The Bertz CT molecular complexity index is 500. The largest absolute Gasteiger partial charge is 0.467 e. The lowest BCUT2D eigenvalue weighted by molar-refractivity contribution is -0.148. The first kappa shape index (κ1) is 16.7. The Balaban J connectivity index is 2.83. The van der Waals surface area contributed by atoms with E-state index in [2.05, 4.69) is 37.9 Å². The molecule has 6 nitrogen and oxygen atoms in total. The molecule has 1 N–H and O–H groups in total. The van der Waals surface area contributed by atoms with E-state index in [1.54, 1.807) is 6.92 Å². The van der Waals surface area contributed by atoms with Crippen LogP contribution in [0.25, 0.3) is 10.4 Å². The Hall–Kier alpha value is -1.31. The third kappa shape index (κ3) is 4.36. The number of nitrogens with one attached hydrogen (secondary N) is 1. The quantitative estimate of drug-likeness (QED) is 0.195. The number of carbonyl (C=O) groups excluding carboxylic acids is 1. The number of methoxy groups -OCH3 is 1. The van der Waals surface area contributed by atoms with Crippen molar-refractivity contribution in [2.75, 3.05) is 20.2 Å². The van der Waals surface area contributed by atoms with Crippen molar-refractivity contribution in [2.24, 2.45) is 5.11 Å². The molecule has 0 heterocycles. The molecule has 0 fully saturated rings. The van der Waals surface area contributed by atoms with Crippen LogP contribution in [0.4, 0.5) is 0 Å². The molecule has 0 amide bonds. The molecule has 0 aliphatic rings. The number of halogens is 1. The van der Waals surface area contributed by atoms with Crippen LogP contribution in [-0.4, -0.2) is 26.2 Å². The highest BCUT2D eigenvalue weighted by Crippen LogP contribution is 2.23. The molecule has 0 radical (unpaired) electrons. The summed E-state index contributed by atoms with van der Waals surface area (Å²) in [5, 5.41) is 6.65. The molecule has 0 saturated heterocycles. The number of rotatable bonds is 7. The normalized spacial score (nSPS) is 13.2. The van der Waals surface area contributed by atoms with Gasteiger partial charge < -0.3 is 4.74 Å². The molecule has 1 unspecified atom stereocenters. The number of azide groups is 1. The molecule has 0 saturated carbocycles. The third-order valence-corrected chi connectivity index (χ3v) is 3.71. The molecule has 20 heavy (non-hydrogen) atoms. The van der Waals surface area contributed by atoms with Gasteiger partial charge in [-0.1, -0.05) is 17.2 Å². The number of ether oxygens (including phenoxy) is 1. The van der Waals surface area contributed by atoms with E-state index < -0.39 is 5.54 Å². The van der Waals surface area contributed by atoms with E-state index in [9.17, 15) is 4.79 Å². The molecule has 108 valence electrons. The number of nitrogens with zero attached hydrogens (tertiary/aromatic N) is 3. The van der Waals surface area contributed by atoms with E-state index >= 15 is 0 Å². The fourth-order valence-electron chi connectivity index (χ4n) is 1.81. The first-order chi connectivity index (χ1) is 9.54. The highest BCUT2D eigenvalue weighted by molar-refractivity contribution is 14.1. The Morgan fingerprint density at radius 1 is 1.50 bits per heavy atom. The maximum atomic E-state index is 12.1. The second kappa shape index (κ2) is 8.08. The van der Waals surface area contributed by atoms with Crippen molar-refractivity contribution >= 4 is 28.6 Å². The van der Waals surface area contributed by atoms with Crippen molar-refractivity contribution in [3.05, 3.63) is 43.8 Å². The average Bonchev–Trinajstić information content (AvgIpc) is 2.46. The summed E-state index contributed by atoms with van der Waals surface area (Å²) in [5.41, 5.74) is 8.15. The van der Waals surface area contributed by atoms with Gasteiger partial charge in [0, 0.05) is 15.0 Å². The van der Waals surface area contributed by atoms with Crippen LogP contribution < -0.4 is 5.32 Å². The summed E-state index contributed by atoms with van der Waals surface area (Å²) < 4.78 is 5.99. The monoisotopic (exact) mass is 388 g/mol. The minimum atomic E-state index is -0.907. The lowest BCUT2D eigenvalue weighted by Crippen LogP contribution is -2.47. The molecule has 1 aromatic carbocycles. The zero-order valence-corrected chi connectivity index (χ0v) is 13.6. The van der Waals surface area contributed by atoms with Crippen LogP contribution in [0.5, 0.6) is 0 Å². The maximum absolute atomic E-state index is 12.1. The number of carbonyl (C=O) groups is 1. The zero-order chi connectivity index (χ0) is 15.0. The van der Waals surface area contributed by atoms with Crippen molar-refractivity contribution in [3.8, 4) is 0 Å². The van der Waals surface area contributed by atoms with Gasteiger partial charge in [0.15, 0.2) is 0 Å². The van der Waals surface area contributed by atoms with Crippen LogP contribution in [0.1, 0.15) is 18.9 Å². The summed E-state index contributed by atoms with van der Waals surface area (Å²) >= 11 is 2.21. The van der Waals surface area contributed by atoms with Gasteiger partial charge in [0.1, 0.15) is 5.54 Å². The predicted molar refractivity (Wildman–Crippen MR) is 85.2 cm³/mol. The van der Waals surface area contributed by atoms with Crippen molar-refractivity contribution in [1.29, 1.82) is 0 Å². The molecule has 0 aromatic heterocycles. The van der Waals surface area contributed by atoms with Gasteiger partial charge >= 0.3 is 5.97 Å². The fourth-order valence-corrected chi connectivity index (χ4v) is 2.17. The summed E-state index contributed by atoms with van der Waals surface area (Å²) in [4.78, 5) is 14.8. The Morgan fingerprint density at radius 2 is 2.15 bits per heavy atom. The standard InChI is InChI=1S/C13H17IN4O2/c1-13(12(19)20-2,16-8-3-9-17-18-15)10-4-6-11(14)7-5-10/h4-7,16H,3,8-9H2,1-2H3. The van der Waals surface area contributed by atoms with Crippen molar-refractivity contribution in [2.45, 2.75) is 18.9 Å². The van der Waals surface area contributed by atoms with Crippen molar-refractivity contribution in [3.63, 3.8) is 0 Å². The zero-order valence-electron chi connectivity index (χ0n) is 11.5. The first-order valence-electron chi connectivity index (χ1n) is 6.15. The van der Waals surface area contributed by atoms with Gasteiger partial charge in [-0.05, 0) is 65.7 Å². The molecular formula is C13H17IN4O2. The topological polar surface area (TPSA) is 87.1 Å². The summed E-state index contributed by atoms with van der Waals surface area (Å²) in [6.07, 6.45) is 0.654. The van der Waals surface area contributed by atoms with Gasteiger partial charge in [0.25, 0.3) is 0 Å². The SMILES string of the molecule is COC(=O)C(C)(NCCCN=[N+]=[N-])c1ccc(I)cc1. The molecule has 1 aromatic rings. The van der Waals surface area contributed by atoms with Gasteiger partial charge in [0.2, 0.25) is 0 Å². The van der Waals surface area contributed by atoms with E-state index in [0.717, 1.165) is 9.13 Å². The highest BCUT2D eigenvalue weighted by atomic mass is 127. The van der Waals surface area contributed by atoms with Gasteiger partial charge in [-0.25, -0.2) is 4.79 Å². The van der Waals surface area contributed by atoms with E-state index in [1.165, 1.54) is 7.11 Å². The van der Waals surface area contributed by atoms with Crippen LogP contribution in [0.15, 0.2) is 29.4 Å². The van der Waals surface area contributed by atoms with E-state index in [0.29, 0.717) is 19.5 Å². The molecule has 0 spiro atoms. The number of hydrogen-bond donors (Lipinski definition) is 1. The lowest BCUT2D eigenvalue weighted by Gasteiger charge is -2.28. The Morgan fingerprint density at radius 3 is 2.70 bits per heavy atom. The highest BCUT2D eigenvalue weighted by Gasteiger charge is 2.35. The van der Waals surface area contributed by atoms with Gasteiger partial charge in [-0.2, -0.15) is 0 Å². The maximum Gasteiger partial charge on any atom is 0.330 e. The van der Waals surface area contributed by atoms with Crippen LogP contribution in [0, 0.1) is 3.57 Å². The van der Waals surface area contributed by atoms with Crippen LogP contribution in [-0.2, 0) is 15.1 Å². The van der Waals surface area contributed by atoms with E-state index in [-0.39, 0.29) is 5.97 Å². The molecule has 0 aliphatic heterocycles. The average molecular weight is 388 g/mol. The van der Waals surface area contributed by atoms with Crippen LogP contribution in [0.3, 0.4) is 0 Å². The number of hydrogen-bond acceptors (Lipinski definition) is 4. The number of benzene rings is 1. The number of esters is 1. The molecule has 0 bridgehead atoms. The van der Waals surface area contributed by atoms with Crippen LogP contribution >= 0.6 is 22.6 Å². The molecule has 0 aliphatic carbocycles. The van der Waals surface area contributed by atoms with E-state index in [1.807, 2.05) is 24.3 Å².